The minimum atomic E-state index is -0.134. The Hall–Kier alpha value is -4.73. The van der Waals surface area contributed by atoms with Gasteiger partial charge >= 0.3 is 0 Å². The van der Waals surface area contributed by atoms with Crippen LogP contribution in [-0.2, 0) is 11.2 Å². The summed E-state index contributed by atoms with van der Waals surface area (Å²) >= 11 is 0. The molecule has 10 heteroatoms. The van der Waals surface area contributed by atoms with Gasteiger partial charge in [-0.05, 0) is 42.3 Å². The molecule has 4 heterocycles. The van der Waals surface area contributed by atoms with Gasteiger partial charge in [0.15, 0.2) is 11.5 Å². The van der Waals surface area contributed by atoms with E-state index in [1.807, 2.05) is 55.5 Å². The van der Waals surface area contributed by atoms with E-state index in [1.165, 1.54) is 11.9 Å². The first-order chi connectivity index (χ1) is 18.1. The lowest BCUT2D eigenvalue weighted by Crippen LogP contribution is -2.25. The summed E-state index contributed by atoms with van der Waals surface area (Å²) in [4.78, 5) is 28.6. The predicted molar refractivity (Wildman–Crippen MR) is 137 cm³/mol. The monoisotopic (exact) mass is 495 g/mol. The van der Waals surface area contributed by atoms with Crippen molar-refractivity contribution in [3.05, 3.63) is 83.6 Å². The SMILES string of the molecule is COc1ccc(CCOc2ccc([C@H]3CC(=O)Nc4c3c(C)nn4-c3ncnc4nc[nH]c34)cc2)cc1. The van der Waals surface area contributed by atoms with Crippen LogP contribution < -0.4 is 14.8 Å². The molecule has 1 atom stereocenters. The van der Waals surface area contributed by atoms with Crippen LogP contribution in [0.2, 0.25) is 0 Å². The fourth-order valence-electron chi connectivity index (χ4n) is 4.77. The highest BCUT2D eigenvalue weighted by molar-refractivity contribution is 5.95. The molecule has 0 saturated carbocycles. The average molecular weight is 496 g/mol. The van der Waals surface area contributed by atoms with Crippen LogP contribution in [0.25, 0.3) is 17.0 Å². The van der Waals surface area contributed by atoms with Crippen molar-refractivity contribution < 1.29 is 14.3 Å². The molecule has 0 radical (unpaired) electrons. The lowest BCUT2D eigenvalue weighted by molar-refractivity contribution is -0.116. The third-order valence-corrected chi connectivity index (χ3v) is 6.61. The van der Waals surface area contributed by atoms with Gasteiger partial charge in [-0.3, -0.25) is 4.79 Å². The Balaban J connectivity index is 1.23. The Bertz CT molecular complexity index is 1570. The summed E-state index contributed by atoms with van der Waals surface area (Å²) < 4.78 is 12.8. The fourth-order valence-corrected chi connectivity index (χ4v) is 4.77. The maximum atomic E-state index is 12.8. The van der Waals surface area contributed by atoms with Crippen LogP contribution >= 0.6 is 0 Å². The normalized spacial score (nSPS) is 14.9. The Labute approximate surface area is 212 Å². The largest absolute Gasteiger partial charge is 0.497 e. The van der Waals surface area contributed by atoms with Crippen LogP contribution in [0.4, 0.5) is 5.82 Å². The quantitative estimate of drug-likeness (QED) is 0.351. The predicted octanol–water partition coefficient (Wildman–Crippen LogP) is 3.95. The number of fused-ring (bicyclic) bond motifs is 2. The molecule has 10 nitrogen and oxygen atoms in total. The molecule has 0 unspecified atom stereocenters. The Morgan fingerprint density at radius 2 is 1.81 bits per heavy atom. The third kappa shape index (κ3) is 4.26. The van der Waals surface area contributed by atoms with E-state index in [-0.39, 0.29) is 11.8 Å². The van der Waals surface area contributed by atoms with Crippen molar-refractivity contribution in [3.8, 4) is 17.3 Å². The molecule has 1 aliphatic rings. The number of methoxy groups -OCH3 is 1. The number of hydrogen-bond donors (Lipinski definition) is 2. The van der Waals surface area contributed by atoms with Gasteiger partial charge in [-0.15, -0.1) is 0 Å². The highest BCUT2D eigenvalue weighted by Crippen LogP contribution is 2.40. The molecule has 0 spiro atoms. The number of rotatable bonds is 7. The number of nitrogens with one attached hydrogen (secondary N) is 2. The first-order valence-corrected chi connectivity index (χ1v) is 12.0. The van der Waals surface area contributed by atoms with Gasteiger partial charge in [-0.25, -0.2) is 15.0 Å². The summed E-state index contributed by atoms with van der Waals surface area (Å²) in [6.07, 6.45) is 4.13. The van der Waals surface area contributed by atoms with E-state index in [0.717, 1.165) is 34.7 Å². The second kappa shape index (κ2) is 9.38. The molecule has 6 rings (SSSR count). The molecular formula is C27H25N7O3. The summed E-state index contributed by atoms with van der Waals surface area (Å²) in [5, 5.41) is 7.73. The second-order valence-corrected chi connectivity index (χ2v) is 8.88. The van der Waals surface area contributed by atoms with Crippen molar-refractivity contribution in [1.29, 1.82) is 0 Å². The minimum absolute atomic E-state index is 0.0756. The standard InChI is InChI=1S/C27H25N7O3/c1-16-23-21(18-5-9-20(10-6-18)37-12-11-17-3-7-19(36-2)8-4-17)13-22(35)32-26(23)34(33-16)27-24-25(29-14-28-24)30-15-31-27/h3-10,14-15,21H,11-13H2,1-2H3,(H,32,35)(H,28,29,30,31)/t21-/m1/s1. The maximum absolute atomic E-state index is 12.8. The Kier molecular flexibility index (Phi) is 5.76. The van der Waals surface area contributed by atoms with Crippen LogP contribution in [0.1, 0.15) is 34.7 Å². The highest BCUT2D eigenvalue weighted by Gasteiger charge is 2.33. The van der Waals surface area contributed by atoms with Crippen molar-refractivity contribution in [2.75, 3.05) is 19.0 Å². The van der Waals surface area contributed by atoms with Gasteiger partial charge in [0.2, 0.25) is 5.91 Å². The van der Waals surface area contributed by atoms with E-state index in [2.05, 4.69) is 25.3 Å². The van der Waals surface area contributed by atoms with Crippen molar-refractivity contribution in [3.63, 3.8) is 0 Å². The zero-order valence-corrected chi connectivity index (χ0v) is 20.4. The van der Waals surface area contributed by atoms with Gasteiger partial charge in [-0.1, -0.05) is 24.3 Å². The smallest absolute Gasteiger partial charge is 0.226 e. The van der Waals surface area contributed by atoms with Gasteiger partial charge in [0.05, 0.1) is 25.7 Å². The molecule has 0 saturated heterocycles. The van der Waals surface area contributed by atoms with Crippen molar-refractivity contribution in [2.24, 2.45) is 0 Å². The van der Waals surface area contributed by atoms with Crippen LogP contribution in [-0.4, -0.2) is 49.3 Å². The van der Waals surface area contributed by atoms with Crippen molar-refractivity contribution >= 4 is 22.9 Å². The number of ether oxygens (including phenoxy) is 2. The molecule has 0 aliphatic carbocycles. The number of amides is 1. The summed E-state index contributed by atoms with van der Waals surface area (Å²) in [6, 6.07) is 15.9. The zero-order valence-electron chi connectivity index (χ0n) is 20.4. The first-order valence-electron chi connectivity index (χ1n) is 12.0. The number of nitrogens with zero attached hydrogens (tertiary/aromatic N) is 5. The van der Waals surface area contributed by atoms with Crippen molar-refractivity contribution in [1.82, 2.24) is 29.7 Å². The molecule has 3 aromatic heterocycles. The molecule has 2 aromatic carbocycles. The summed E-state index contributed by atoms with van der Waals surface area (Å²) in [5.41, 5.74) is 5.19. The van der Waals surface area contributed by atoms with Crippen LogP contribution in [0.5, 0.6) is 11.5 Å². The van der Waals surface area contributed by atoms with E-state index >= 15 is 0 Å². The molecule has 1 amide bonds. The molecule has 186 valence electrons. The molecule has 37 heavy (non-hydrogen) atoms. The minimum Gasteiger partial charge on any atom is -0.497 e. The summed E-state index contributed by atoms with van der Waals surface area (Å²) in [6.45, 7) is 2.51. The van der Waals surface area contributed by atoms with Crippen molar-refractivity contribution in [2.45, 2.75) is 25.7 Å². The molecule has 0 bridgehead atoms. The number of H-pyrrole nitrogens is 1. The average Bonchev–Trinajstić information content (AvgIpc) is 3.53. The number of imidazole rings is 1. The number of hydrogen-bond acceptors (Lipinski definition) is 7. The lowest BCUT2D eigenvalue weighted by atomic mass is 9.86. The molecular weight excluding hydrogens is 470 g/mol. The maximum Gasteiger partial charge on any atom is 0.226 e. The Morgan fingerprint density at radius 3 is 2.59 bits per heavy atom. The molecule has 1 aliphatic heterocycles. The van der Waals surface area contributed by atoms with Gasteiger partial charge in [-0.2, -0.15) is 9.78 Å². The Morgan fingerprint density at radius 1 is 1.03 bits per heavy atom. The third-order valence-electron chi connectivity index (χ3n) is 6.61. The van der Waals surface area contributed by atoms with E-state index in [4.69, 9.17) is 14.6 Å². The first kappa shape index (κ1) is 22.7. The number of carbonyl (C=O) groups excluding carboxylic acids is 1. The van der Waals surface area contributed by atoms with Crippen LogP contribution in [0.15, 0.2) is 61.2 Å². The molecule has 5 aromatic rings. The lowest BCUT2D eigenvalue weighted by Gasteiger charge is -2.24. The van der Waals surface area contributed by atoms with Crippen LogP contribution in [0.3, 0.4) is 0 Å². The number of aryl methyl sites for hydroxylation is 1. The van der Waals surface area contributed by atoms with E-state index in [9.17, 15) is 4.79 Å². The van der Waals surface area contributed by atoms with Gasteiger partial charge in [0.1, 0.15) is 29.2 Å². The van der Waals surface area contributed by atoms with Gasteiger partial charge in [0, 0.05) is 24.3 Å². The number of anilines is 1. The molecule has 2 N–H and O–H groups in total. The summed E-state index contributed by atoms with van der Waals surface area (Å²) in [5.74, 6) is 2.57. The summed E-state index contributed by atoms with van der Waals surface area (Å²) in [7, 11) is 1.66. The zero-order chi connectivity index (χ0) is 25.4. The highest BCUT2D eigenvalue weighted by atomic mass is 16.5. The fraction of sp³-hybridized carbons (Fsp3) is 0.222. The topological polar surface area (TPSA) is 120 Å². The van der Waals surface area contributed by atoms with Gasteiger partial charge in [0.25, 0.3) is 0 Å². The molecule has 0 fully saturated rings. The van der Waals surface area contributed by atoms with E-state index < -0.39 is 0 Å². The van der Waals surface area contributed by atoms with Gasteiger partial charge < -0.3 is 19.8 Å². The van der Waals surface area contributed by atoms with E-state index in [0.29, 0.717) is 35.8 Å². The number of aromatic amines is 1. The second-order valence-electron chi connectivity index (χ2n) is 8.88. The number of aromatic nitrogens is 6. The number of benzene rings is 2. The van der Waals surface area contributed by atoms with Crippen LogP contribution in [0, 0.1) is 6.92 Å². The van der Waals surface area contributed by atoms with E-state index in [1.54, 1.807) is 18.1 Å². The number of carbonyl (C=O) groups is 1.